The summed E-state index contributed by atoms with van der Waals surface area (Å²) in [6, 6.07) is 13.6. The van der Waals surface area contributed by atoms with Gasteiger partial charge in [0, 0.05) is 62.8 Å². The van der Waals surface area contributed by atoms with Gasteiger partial charge in [0.15, 0.2) is 0 Å². The average molecular weight is 456 g/mol. The van der Waals surface area contributed by atoms with E-state index >= 15 is 0 Å². The zero-order chi connectivity index (χ0) is 20.6. The molecule has 3 aromatic rings. The molecule has 1 aromatic heterocycles. The molecule has 0 bridgehead atoms. The predicted octanol–water partition coefficient (Wildman–Crippen LogP) is 1.18. The Bertz CT molecular complexity index is 1260. The zero-order valence-electron chi connectivity index (χ0n) is 16.2. The Balaban J connectivity index is 0.00000256. The number of nitrogens with zero attached hydrogens (tertiary/aromatic N) is 1. The number of hydrogen-bond donors (Lipinski definition) is 1. The van der Waals surface area contributed by atoms with Crippen molar-refractivity contribution in [1.29, 1.82) is 0 Å². The topological polar surface area (TPSA) is 115 Å². The molecule has 0 saturated carbocycles. The van der Waals surface area contributed by atoms with Gasteiger partial charge in [0.2, 0.25) is 5.75 Å². The first-order valence-corrected chi connectivity index (χ1v) is 9.97. The third-order valence-corrected chi connectivity index (χ3v) is 5.72. The van der Waals surface area contributed by atoms with Gasteiger partial charge in [-0.15, -0.1) is 0 Å². The molecule has 1 aliphatic rings. The van der Waals surface area contributed by atoms with Crippen molar-refractivity contribution in [2.75, 3.05) is 18.0 Å². The minimum Gasteiger partial charge on any atom is -0.490 e. The Kier molecular flexibility index (Phi) is 6.90. The van der Waals surface area contributed by atoms with Crippen LogP contribution in [0.2, 0.25) is 0 Å². The van der Waals surface area contributed by atoms with Crippen LogP contribution in [0.1, 0.15) is 5.56 Å². The molecule has 4 rings (SSSR count). The second kappa shape index (κ2) is 9.08. The fourth-order valence-electron chi connectivity index (χ4n) is 2.97. The van der Waals surface area contributed by atoms with Gasteiger partial charge in [-0.25, -0.2) is 13.8 Å². The van der Waals surface area contributed by atoms with Crippen molar-refractivity contribution in [2.24, 2.45) is 0 Å². The summed E-state index contributed by atoms with van der Waals surface area (Å²) in [6.07, 6.45) is 0. The van der Waals surface area contributed by atoms with Gasteiger partial charge in [-0.3, -0.25) is 4.79 Å². The van der Waals surface area contributed by atoms with E-state index in [2.05, 4.69) is 0 Å². The summed E-state index contributed by atoms with van der Waals surface area (Å²) in [5.41, 5.74) is 0.516. The normalized spacial score (nSPS) is 14.8. The van der Waals surface area contributed by atoms with Gasteiger partial charge in [-0.1, -0.05) is 30.3 Å². The van der Waals surface area contributed by atoms with E-state index < -0.39 is 21.7 Å². The molecule has 0 unspecified atom stereocenters. The maximum Gasteiger partial charge on any atom is 0.379 e. The van der Waals surface area contributed by atoms with Crippen LogP contribution in [-0.4, -0.2) is 79.4 Å². The number of anilines is 1. The summed E-state index contributed by atoms with van der Waals surface area (Å²) in [5, 5.41) is 0.415. The zero-order valence-corrected chi connectivity index (χ0v) is 20.2. The first-order valence-electron chi connectivity index (χ1n) is 8.53. The number of amides is 1. The Labute approximate surface area is 214 Å². The van der Waals surface area contributed by atoms with Crippen LogP contribution in [0.5, 0.6) is 11.5 Å². The molecule has 2 heterocycles. The van der Waals surface area contributed by atoms with Crippen LogP contribution in [0.25, 0.3) is 11.0 Å². The summed E-state index contributed by atoms with van der Waals surface area (Å²) in [5.74, 6) is -0.536. The van der Waals surface area contributed by atoms with Crippen LogP contribution in [0.3, 0.4) is 0 Å². The molecule has 2 aromatic carbocycles. The minimum absolute atomic E-state index is 0. The van der Waals surface area contributed by atoms with Crippen LogP contribution in [0, 0.1) is 0 Å². The third kappa shape index (κ3) is 4.55. The standard InChI is InChI=1S/C19H16N2O7S.K/c1-26-17-8-13-7-14(21-10-18(22)20-29(21,24)25)16(9-15(13)28-19(17)23)27-11-12-5-3-2-4-6-12;/h2-9H,10-11H2,1H3,(H,20,22);. The predicted molar refractivity (Wildman–Crippen MR) is 110 cm³/mol. The Morgan fingerprint density at radius 1 is 1.10 bits per heavy atom. The summed E-state index contributed by atoms with van der Waals surface area (Å²) in [6.45, 7) is -0.238. The van der Waals surface area contributed by atoms with Gasteiger partial charge >= 0.3 is 15.8 Å². The second-order valence-electron chi connectivity index (χ2n) is 6.27. The van der Waals surface area contributed by atoms with Crippen molar-refractivity contribution in [2.45, 2.75) is 6.61 Å². The maximum atomic E-state index is 12.4. The summed E-state index contributed by atoms with van der Waals surface area (Å²) in [7, 11) is -2.73. The number of carbonyl (C=O) groups excluding carboxylic acids is 1. The fraction of sp³-hybridized carbons (Fsp3) is 0.158. The molecular formula is C19H16KN2O7S. The molecule has 1 aliphatic heterocycles. The Morgan fingerprint density at radius 3 is 2.47 bits per heavy atom. The molecule has 1 N–H and O–H groups in total. The molecular weight excluding hydrogens is 439 g/mol. The van der Waals surface area contributed by atoms with Crippen LogP contribution in [-0.2, 0) is 21.6 Å². The van der Waals surface area contributed by atoms with Crippen LogP contribution < -0.4 is 24.1 Å². The van der Waals surface area contributed by atoms with Crippen molar-refractivity contribution >= 4 is 84.2 Å². The number of rotatable bonds is 5. The van der Waals surface area contributed by atoms with E-state index in [0.29, 0.717) is 5.39 Å². The molecule has 151 valence electrons. The van der Waals surface area contributed by atoms with E-state index in [9.17, 15) is 18.0 Å². The third-order valence-electron chi connectivity index (χ3n) is 4.33. The molecule has 11 heteroatoms. The summed E-state index contributed by atoms with van der Waals surface area (Å²) in [4.78, 5) is 23.6. The van der Waals surface area contributed by atoms with Crippen LogP contribution >= 0.6 is 0 Å². The number of methoxy groups -OCH3 is 1. The van der Waals surface area contributed by atoms with Gasteiger partial charge in [-0.05, 0) is 17.7 Å². The van der Waals surface area contributed by atoms with E-state index in [4.69, 9.17) is 13.9 Å². The summed E-state index contributed by atoms with van der Waals surface area (Å²) >= 11 is 0. The second-order valence-corrected chi connectivity index (χ2v) is 7.87. The smallest absolute Gasteiger partial charge is 0.379 e. The monoisotopic (exact) mass is 455 g/mol. The number of ether oxygens (including phenoxy) is 2. The number of benzene rings is 2. The van der Waals surface area contributed by atoms with Crippen molar-refractivity contribution in [1.82, 2.24) is 4.72 Å². The molecule has 9 nitrogen and oxygen atoms in total. The van der Waals surface area contributed by atoms with Crippen molar-refractivity contribution < 1.29 is 27.1 Å². The molecule has 1 amide bonds. The quantitative estimate of drug-likeness (QED) is 0.454. The van der Waals surface area contributed by atoms with E-state index in [1.54, 1.807) is 0 Å². The molecule has 1 radical (unpaired) electrons. The van der Waals surface area contributed by atoms with E-state index in [-0.39, 0.29) is 87.3 Å². The average Bonchev–Trinajstić information content (AvgIpc) is 2.97. The number of hydrogen-bond acceptors (Lipinski definition) is 7. The van der Waals surface area contributed by atoms with Crippen LogP contribution in [0.4, 0.5) is 5.69 Å². The number of nitrogens with one attached hydrogen (secondary N) is 1. The minimum atomic E-state index is -4.06. The molecule has 30 heavy (non-hydrogen) atoms. The molecule has 0 spiro atoms. The largest absolute Gasteiger partial charge is 0.490 e. The van der Waals surface area contributed by atoms with E-state index in [0.717, 1.165) is 9.87 Å². The van der Waals surface area contributed by atoms with Crippen molar-refractivity contribution in [3.8, 4) is 11.5 Å². The van der Waals surface area contributed by atoms with Gasteiger partial charge in [0.1, 0.15) is 24.5 Å². The number of fused-ring (bicyclic) bond motifs is 1. The van der Waals surface area contributed by atoms with Crippen LogP contribution in [0.15, 0.2) is 57.7 Å². The number of carbonyl (C=O) groups is 1. The first kappa shape index (κ1) is 22.8. The molecule has 0 atom stereocenters. The SMILES string of the molecule is COc1cc2cc(N3CC(=O)NS3(=O)=O)c(OCc3ccccc3)cc2oc1=O.[K]. The molecule has 1 fully saturated rings. The Hall–Kier alpha value is -1.89. The summed E-state index contributed by atoms with van der Waals surface area (Å²) < 4.78 is 43.6. The molecule has 0 aliphatic carbocycles. The van der Waals surface area contributed by atoms with E-state index in [1.807, 2.05) is 35.1 Å². The molecule has 1 saturated heterocycles. The first-order chi connectivity index (χ1) is 13.9. The van der Waals surface area contributed by atoms with Gasteiger partial charge in [-0.2, -0.15) is 8.42 Å². The van der Waals surface area contributed by atoms with Gasteiger partial charge in [0.25, 0.3) is 5.91 Å². The van der Waals surface area contributed by atoms with Gasteiger partial charge in [0.05, 0.1) is 12.8 Å². The fourth-order valence-corrected chi connectivity index (χ4v) is 4.12. The van der Waals surface area contributed by atoms with E-state index in [1.165, 1.54) is 25.3 Å². The van der Waals surface area contributed by atoms with Gasteiger partial charge < -0.3 is 13.9 Å². The van der Waals surface area contributed by atoms with Crippen molar-refractivity contribution in [3.63, 3.8) is 0 Å². The van der Waals surface area contributed by atoms with Crippen molar-refractivity contribution in [3.05, 3.63) is 64.5 Å². The Morgan fingerprint density at radius 2 is 1.83 bits per heavy atom. The maximum absolute atomic E-state index is 12.4.